The number of hydrogen-bond acceptors (Lipinski definition) is 3. The van der Waals surface area contributed by atoms with E-state index in [4.69, 9.17) is 4.42 Å². The number of Topliss-reactive ketones (excluding diaryl/α,β-unsaturated/α-hetero) is 1. The first-order valence-corrected chi connectivity index (χ1v) is 5.69. The Kier molecular flexibility index (Phi) is 3.88. The molecule has 12 heavy (non-hydrogen) atoms. The summed E-state index contributed by atoms with van der Waals surface area (Å²) in [4.78, 5) is 11.3. The van der Waals surface area contributed by atoms with Gasteiger partial charge in [0.15, 0.2) is 11.5 Å². The minimum Gasteiger partial charge on any atom is -0.460 e. The lowest BCUT2D eigenvalue weighted by Crippen LogP contribution is -1.99. The molecular formula is C8H9BrO2S. The highest BCUT2D eigenvalue weighted by atomic mass is 79.9. The second-order valence-corrected chi connectivity index (χ2v) is 4.10. The van der Waals surface area contributed by atoms with Gasteiger partial charge in [0.1, 0.15) is 0 Å². The van der Waals surface area contributed by atoms with Crippen LogP contribution in [0.4, 0.5) is 0 Å². The summed E-state index contributed by atoms with van der Waals surface area (Å²) in [6.07, 6.45) is 4.02. The Hall–Kier alpha value is -0.220. The first-order chi connectivity index (χ1) is 5.75. The van der Waals surface area contributed by atoms with Gasteiger partial charge in [-0.3, -0.25) is 4.79 Å². The summed E-state index contributed by atoms with van der Waals surface area (Å²) in [5.41, 5.74) is 0. The van der Waals surface area contributed by atoms with Crippen LogP contribution in [0, 0.1) is 0 Å². The monoisotopic (exact) mass is 248 g/mol. The minimum absolute atomic E-state index is 0.0567. The predicted octanol–water partition coefficient (Wildman–Crippen LogP) is 2.98. The van der Waals surface area contributed by atoms with E-state index in [0.29, 0.717) is 12.2 Å². The fraction of sp³-hybridized carbons (Fsp3) is 0.375. The summed E-state index contributed by atoms with van der Waals surface area (Å²) < 4.78 is 5.76. The van der Waals surface area contributed by atoms with Crippen LogP contribution in [0.5, 0.6) is 0 Å². The van der Waals surface area contributed by atoms with Gasteiger partial charge in [0.25, 0.3) is 0 Å². The number of rotatable bonds is 4. The smallest absolute Gasteiger partial charge is 0.199 e. The number of carbonyl (C=O) groups excluding carboxylic acids is 1. The third-order valence-corrected chi connectivity index (χ3v) is 2.64. The number of furan rings is 1. The first-order valence-electron chi connectivity index (χ1n) is 3.51. The predicted molar refractivity (Wildman–Crippen MR) is 53.7 cm³/mol. The van der Waals surface area contributed by atoms with E-state index in [9.17, 15) is 4.79 Å². The van der Waals surface area contributed by atoms with Crippen molar-refractivity contribution in [2.24, 2.45) is 0 Å². The maximum Gasteiger partial charge on any atom is 0.199 e. The molecule has 0 aliphatic rings. The van der Waals surface area contributed by atoms with Crippen LogP contribution in [0.25, 0.3) is 0 Å². The van der Waals surface area contributed by atoms with Crippen molar-refractivity contribution in [1.29, 1.82) is 0 Å². The molecule has 1 rings (SSSR count). The van der Waals surface area contributed by atoms with Crippen molar-refractivity contribution in [3.8, 4) is 0 Å². The number of hydrogen-bond donors (Lipinski definition) is 0. The number of thioether (sulfide) groups is 1. The second kappa shape index (κ2) is 4.72. The number of halogens is 1. The molecule has 2 nitrogen and oxygen atoms in total. The van der Waals surface area contributed by atoms with E-state index in [0.717, 1.165) is 10.2 Å². The van der Waals surface area contributed by atoms with Gasteiger partial charge in [-0.2, -0.15) is 11.8 Å². The van der Waals surface area contributed by atoms with Crippen molar-refractivity contribution < 1.29 is 9.21 Å². The van der Waals surface area contributed by atoms with Crippen molar-refractivity contribution in [2.45, 2.75) is 6.42 Å². The van der Waals surface area contributed by atoms with Crippen molar-refractivity contribution in [1.82, 2.24) is 0 Å². The highest BCUT2D eigenvalue weighted by Gasteiger charge is 2.12. The average Bonchev–Trinajstić information content (AvgIpc) is 2.47. The molecule has 1 aromatic heterocycles. The molecule has 0 N–H and O–H groups in total. The lowest BCUT2D eigenvalue weighted by molar-refractivity contribution is 0.0962. The molecule has 0 unspecified atom stereocenters. The van der Waals surface area contributed by atoms with Gasteiger partial charge in [0.2, 0.25) is 0 Å². The third-order valence-electron chi connectivity index (χ3n) is 1.40. The quantitative estimate of drug-likeness (QED) is 0.768. The Morgan fingerprint density at radius 1 is 1.75 bits per heavy atom. The van der Waals surface area contributed by atoms with Crippen LogP contribution in [-0.2, 0) is 0 Å². The van der Waals surface area contributed by atoms with Gasteiger partial charge < -0.3 is 4.42 Å². The molecule has 0 fully saturated rings. The van der Waals surface area contributed by atoms with Crippen LogP contribution in [0.2, 0.25) is 0 Å². The zero-order valence-electron chi connectivity index (χ0n) is 6.67. The Morgan fingerprint density at radius 2 is 2.50 bits per heavy atom. The molecule has 4 heteroatoms. The van der Waals surface area contributed by atoms with Gasteiger partial charge in [-0.1, -0.05) is 0 Å². The summed E-state index contributed by atoms with van der Waals surface area (Å²) in [6.45, 7) is 0. The molecule has 0 amide bonds. The summed E-state index contributed by atoms with van der Waals surface area (Å²) >= 11 is 4.89. The first kappa shape index (κ1) is 9.86. The molecule has 0 saturated carbocycles. The SMILES string of the molecule is CSCCC(=O)c1occc1Br. The van der Waals surface area contributed by atoms with Gasteiger partial charge in [0, 0.05) is 12.2 Å². The highest BCUT2D eigenvalue weighted by Crippen LogP contribution is 2.19. The lowest BCUT2D eigenvalue weighted by atomic mass is 10.2. The van der Waals surface area contributed by atoms with E-state index in [-0.39, 0.29) is 5.78 Å². The van der Waals surface area contributed by atoms with Crippen molar-refractivity contribution in [3.05, 3.63) is 22.6 Å². The molecule has 0 bridgehead atoms. The Bertz CT molecular complexity index is 270. The topological polar surface area (TPSA) is 30.2 Å². The number of ketones is 1. The van der Waals surface area contributed by atoms with E-state index in [1.54, 1.807) is 17.8 Å². The molecular weight excluding hydrogens is 240 g/mol. The van der Waals surface area contributed by atoms with Crippen LogP contribution < -0.4 is 0 Å². The molecule has 0 aliphatic carbocycles. The summed E-state index contributed by atoms with van der Waals surface area (Å²) in [5.74, 6) is 1.33. The average molecular weight is 249 g/mol. The van der Waals surface area contributed by atoms with E-state index in [1.165, 1.54) is 6.26 Å². The normalized spacial score (nSPS) is 10.2. The molecule has 0 radical (unpaired) electrons. The molecule has 0 aromatic carbocycles. The van der Waals surface area contributed by atoms with Crippen molar-refractivity contribution in [3.63, 3.8) is 0 Å². The minimum atomic E-state index is 0.0567. The summed E-state index contributed by atoms with van der Waals surface area (Å²) in [6, 6.07) is 1.73. The molecule has 0 spiro atoms. The van der Waals surface area contributed by atoms with Crippen LogP contribution in [0.3, 0.4) is 0 Å². The molecule has 1 heterocycles. The third kappa shape index (κ3) is 2.38. The van der Waals surface area contributed by atoms with Crippen LogP contribution in [0.1, 0.15) is 17.0 Å². The molecule has 0 saturated heterocycles. The Balaban J connectivity index is 2.59. The van der Waals surface area contributed by atoms with E-state index >= 15 is 0 Å². The van der Waals surface area contributed by atoms with E-state index < -0.39 is 0 Å². The highest BCUT2D eigenvalue weighted by molar-refractivity contribution is 9.10. The molecule has 66 valence electrons. The Labute approximate surface area is 83.8 Å². The van der Waals surface area contributed by atoms with Crippen LogP contribution >= 0.6 is 27.7 Å². The van der Waals surface area contributed by atoms with Crippen LogP contribution in [-0.4, -0.2) is 17.8 Å². The maximum absolute atomic E-state index is 11.3. The van der Waals surface area contributed by atoms with Gasteiger partial charge in [-0.15, -0.1) is 0 Å². The largest absolute Gasteiger partial charge is 0.460 e. The summed E-state index contributed by atoms with van der Waals surface area (Å²) in [5, 5.41) is 0. The van der Waals surface area contributed by atoms with Gasteiger partial charge in [-0.25, -0.2) is 0 Å². The van der Waals surface area contributed by atoms with Gasteiger partial charge in [0.05, 0.1) is 10.7 Å². The zero-order valence-corrected chi connectivity index (χ0v) is 9.07. The maximum atomic E-state index is 11.3. The van der Waals surface area contributed by atoms with E-state index in [2.05, 4.69) is 15.9 Å². The summed E-state index contributed by atoms with van der Waals surface area (Å²) in [7, 11) is 0. The lowest BCUT2D eigenvalue weighted by Gasteiger charge is -1.95. The van der Waals surface area contributed by atoms with Crippen LogP contribution in [0.15, 0.2) is 21.2 Å². The van der Waals surface area contributed by atoms with Crippen molar-refractivity contribution in [2.75, 3.05) is 12.0 Å². The molecule has 0 atom stereocenters. The second-order valence-electron chi connectivity index (χ2n) is 2.26. The Morgan fingerprint density at radius 3 is 3.00 bits per heavy atom. The molecule has 1 aromatic rings. The molecule has 0 aliphatic heterocycles. The standard InChI is InChI=1S/C8H9BrO2S/c1-12-5-3-7(10)8-6(9)2-4-11-8/h2,4H,3,5H2,1H3. The van der Waals surface area contributed by atoms with Gasteiger partial charge in [-0.05, 0) is 28.3 Å². The van der Waals surface area contributed by atoms with Gasteiger partial charge >= 0.3 is 0 Å². The fourth-order valence-electron chi connectivity index (χ4n) is 0.801. The van der Waals surface area contributed by atoms with E-state index in [1.807, 2.05) is 6.26 Å². The van der Waals surface area contributed by atoms with Crippen molar-refractivity contribution >= 4 is 33.5 Å². The number of carbonyl (C=O) groups is 1. The fourth-order valence-corrected chi connectivity index (χ4v) is 1.61. The zero-order chi connectivity index (χ0) is 8.97.